The molecule has 0 radical (unpaired) electrons. The normalized spacial score (nSPS) is 18.5. The zero-order valence-corrected chi connectivity index (χ0v) is 15.6. The fourth-order valence-corrected chi connectivity index (χ4v) is 3.25. The maximum Gasteiger partial charge on any atom is 0.263 e. The van der Waals surface area contributed by atoms with Crippen molar-refractivity contribution in [3.8, 4) is 5.75 Å². The summed E-state index contributed by atoms with van der Waals surface area (Å²) < 4.78 is 24.5. The zero-order valence-electron chi connectivity index (χ0n) is 14.1. The van der Waals surface area contributed by atoms with Crippen LogP contribution in [0.2, 0.25) is 10.0 Å². The summed E-state index contributed by atoms with van der Waals surface area (Å²) in [5.41, 5.74) is 0.832. The molecular formula is C19H18Cl2FNO3. The minimum atomic E-state index is -0.708. The van der Waals surface area contributed by atoms with E-state index in [1.54, 1.807) is 42.2 Å². The molecule has 138 valence electrons. The van der Waals surface area contributed by atoms with Crippen LogP contribution in [-0.4, -0.2) is 36.6 Å². The SMILES string of the molecule is C[C@@H](Oc1ccc(Cl)cc1Cl)C(=O)N1CCO[C@@H](c2ccc(F)cc2)C1. The van der Waals surface area contributed by atoms with E-state index in [2.05, 4.69) is 0 Å². The molecule has 0 saturated carbocycles. The molecule has 4 nitrogen and oxygen atoms in total. The van der Waals surface area contributed by atoms with E-state index < -0.39 is 6.10 Å². The summed E-state index contributed by atoms with van der Waals surface area (Å²) in [5.74, 6) is -0.0638. The summed E-state index contributed by atoms with van der Waals surface area (Å²) in [6.07, 6.45) is -1.000. The van der Waals surface area contributed by atoms with Crippen molar-refractivity contribution in [1.29, 1.82) is 0 Å². The van der Waals surface area contributed by atoms with Gasteiger partial charge in [-0.25, -0.2) is 4.39 Å². The lowest BCUT2D eigenvalue weighted by atomic mass is 10.1. The number of morpholine rings is 1. The molecule has 0 bridgehead atoms. The number of ether oxygens (including phenoxy) is 2. The Morgan fingerprint density at radius 2 is 2.00 bits per heavy atom. The van der Waals surface area contributed by atoms with Gasteiger partial charge in [0.05, 0.1) is 18.2 Å². The molecule has 2 aromatic rings. The molecular weight excluding hydrogens is 380 g/mol. The van der Waals surface area contributed by atoms with Crippen LogP contribution in [0.4, 0.5) is 4.39 Å². The maximum atomic E-state index is 13.1. The number of nitrogens with zero attached hydrogens (tertiary/aromatic N) is 1. The lowest BCUT2D eigenvalue weighted by Gasteiger charge is -2.34. The summed E-state index contributed by atoms with van der Waals surface area (Å²) in [4.78, 5) is 14.4. The summed E-state index contributed by atoms with van der Waals surface area (Å²) in [7, 11) is 0. The van der Waals surface area contributed by atoms with Gasteiger partial charge in [0, 0.05) is 11.6 Å². The number of benzene rings is 2. The van der Waals surface area contributed by atoms with Gasteiger partial charge in [0.2, 0.25) is 0 Å². The van der Waals surface area contributed by atoms with Crippen molar-refractivity contribution in [2.75, 3.05) is 19.7 Å². The van der Waals surface area contributed by atoms with E-state index in [1.165, 1.54) is 12.1 Å². The largest absolute Gasteiger partial charge is 0.479 e. The number of halogens is 3. The average molecular weight is 398 g/mol. The van der Waals surface area contributed by atoms with E-state index >= 15 is 0 Å². The molecule has 7 heteroatoms. The van der Waals surface area contributed by atoms with Gasteiger partial charge in [0.15, 0.2) is 6.10 Å². The van der Waals surface area contributed by atoms with Crippen LogP contribution in [-0.2, 0) is 9.53 Å². The Morgan fingerprint density at radius 1 is 1.27 bits per heavy atom. The van der Waals surface area contributed by atoms with Crippen molar-refractivity contribution >= 4 is 29.1 Å². The third-order valence-corrected chi connectivity index (χ3v) is 4.70. The Balaban J connectivity index is 1.65. The standard InChI is InChI=1S/C19H18Cl2FNO3/c1-12(26-17-7-4-14(20)10-16(17)21)19(24)23-8-9-25-18(11-23)13-2-5-15(22)6-3-13/h2-7,10,12,18H,8-9,11H2,1H3/t12-,18-/m1/s1. The molecule has 1 aliphatic heterocycles. The van der Waals surface area contributed by atoms with Gasteiger partial charge in [-0.2, -0.15) is 0 Å². The van der Waals surface area contributed by atoms with Crippen LogP contribution in [0.25, 0.3) is 0 Å². The summed E-state index contributed by atoms with van der Waals surface area (Å²) in [6, 6.07) is 11.0. The Morgan fingerprint density at radius 3 is 2.69 bits per heavy atom. The van der Waals surface area contributed by atoms with E-state index in [4.69, 9.17) is 32.7 Å². The van der Waals surface area contributed by atoms with E-state index in [-0.39, 0.29) is 17.8 Å². The zero-order chi connectivity index (χ0) is 18.7. The molecule has 0 aromatic heterocycles. The van der Waals surface area contributed by atoms with Crippen LogP contribution < -0.4 is 4.74 Å². The molecule has 1 amide bonds. The molecule has 2 atom stereocenters. The second-order valence-corrected chi connectivity index (χ2v) is 6.87. The van der Waals surface area contributed by atoms with Gasteiger partial charge in [-0.05, 0) is 42.8 Å². The van der Waals surface area contributed by atoms with E-state index in [0.717, 1.165) is 5.56 Å². The molecule has 1 fully saturated rings. The summed E-state index contributed by atoms with van der Waals surface area (Å²) >= 11 is 12.0. The Bertz CT molecular complexity index is 785. The highest BCUT2D eigenvalue weighted by Crippen LogP contribution is 2.29. The second kappa shape index (κ2) is 8.25. The number of carbonyl (C=O) groups is 1. The number of hydrogen-bond donors (Lipinski definition) is 0. The Hall–Kier alpha value is -1.82. The number of amides is 1. The maximum absolute atomic E-state index is 13.1. The summed E-state index contributed by atoms with van der Waals surface area (Å²) in [6.45, 7) is 2.93. The van der Waals surface area contributed by atoms with Crippen molar-refractivity contribution in [3.63, 3.8) is 0 Å². The van der Waals surface area contributed by atoms with Crippen LogP contribution in [0.5, 0.6) is 5.75 Å². The van der Waals surface area contributed by atoms with Crippen LogP contribution in [0.1, 0.15) is 18.6 Å². The van der Waals surface area contributed by atoms with Gasteiger partial charge in [-0.1, -0.05) is 35.3 Å². The first kappa shape index (κ1) is 19.0. The molecule has 0 aliphatic carbocycles. The number of carbonyl (C=O) groups excluding carboxylic acids is 1. The second-order valence-electron chi connectivity index (χ2n) is 6.03. The molecule has 2 aromatic carbocycles. The first-order valence-corrected chi connectivity index (χ1v) is 8.97. The van der Waals surface area contributed by atoms with Gasteiger partial charge in [0.1, 0.15) is 17.7 Å². The predicted molar refractivity (Wildman–Crippen MR) is 98.2 cm³/mol. The van der Waals surface area contributed by atoms with Crippen molar-refractivity contribution in [2.24, 2.45) is 0 Å². The van der Waals surface area contributed by atoms with Gasteiger partial charge in [-0.15, -0.1) is 0 Å². The predicted octanol–water partition coefficient (Wildman–Crippen LogP) is 4.50. The van der Waals surface area contributed by atoms with Crippen molar-refractivity contribution in [2.45, 2.75) is 19.1 Å². The highest BCUT2D eigenvalue weighted by molar-refractivity contribution is 6.35. The fraction of sp³-hybridized carbons (Fsp3) is 0.316. The van der Waals surface area contributed by atoms with Crippen LogP contribution in [0, 0.1) is 5.82 Å². The van der Waals surface area contributed by atoms with Crippen LogP contribution in [0.15, 0.2) is 42.5 Å². The summed E-state index contributed by atoms with van der Waals surface area (Å²) in [5, 5.41) is 0.847. The highest BCUT2D eigenvalue weighted by atomic mass is 35.5. The van der Waals surface area contributed by atoms with Crippen molar-refractivity contribution in [1.82, 2.24) is 4.90 Å². The van der Waals surface area contributed by atoms with Crippen molar-refractivity contribution in [3.05, 3.63) is 63.9 Å². The molecule has 0 N–H and O–H groups in total. The Kier molecular flexibility index (Phi) is 6.01. The van der Waals surface area contributed by atoms with Crippen LogP contribution in [0.3, 0.4) is 0 Å². The van der Waals surface area contributed by atoms with Gasteiger partial charge >= 0.3 is 0 Å². The number of rotatable bonds is 4. The van der Waals surface area contributed by atoms with Crippen LogP contribution >= 0.6 is 23.2 Å². The molecule has 0 spiro atoms. The fourth-order valence-electron chi connectivity index (χ4n) is 2.80. The third kappa shape index (κ3) is 4.47. The van der Waals surface area contributed by atoms with Gasteiger partial charge in [0.25, 0.3) is 5.91 Å². The third-order valence-electron chi connectivity index (χ3n) is 4.17. The lowest BCUT2D eigenvalue weighted by Crippen LogP contribution is -2.47. The average Bonchev–Trinajstić information content (AvgIpc) is 2.64. The van der Waals surface area contributed by atoms with Gasteiger partial charge < -0.3 is 14.4 Å². The molecule has 1 aliphatic rings. The smallest absolute Gasteiger partial charge is 0.263 e. The van der Waals surface area contributed by atoms with E-state index in [0.29, 0.717) is 35.5 Å². The van der Waals surface area contributed by atoms with Gasteiger partial charge in [-0.3, -0.25) is 4.79 Å². The highest BCUT2D eigenvalue weighted by Gasteiger charge is 2.29. The van der Waals surface area contributed by atoms with Crippen molar-refractivity contribution < 1.29 is 18.7 Å². The monoisotopic (exact) mass is 397 g/mol. The minimum Gasteiger partial charge on any atom is -0.479 e. The first-order valence-electron chi connectivity index (χ1n) is 8.21. The topological polar surface area (TPSA) is 38.8 Å². The lowest BCUT2D eigenvalue weighted by molar-refractivity contribution is -0.145. The molecule has 3 rings (SSSR count). The van der Waals surface area contributed by atoms with E-state index in [1.807, 2.05) is 0 Å². The first-order chi connectivity index (χ1) is 12.4. The molecule has 1 saturated heterocycles. The number of hydrogen-bond acceptors (Lipinski definition) is 3. The molecule has 26 heavy (non-hydrogen) atoms. The van der Waals surface area contributed by atoms with E-state index in [9.17, 15) is 9.18 Å². The molecule has 1 heterocycles. The quantitative estimate of drug-likeness (QED) is 0.762. The minimum absolute atomic E-state index is 0.161. The Labute approximate surface area is 161 Å². The molecule has 0 unspecified atom stereocenters.